The molecular weight excluding hydrogens is 224 g/mol. The summed E-state index contributed by atoms with van der Waals surface area (Å²) < 4.78 is 53.4. The Bertz CT molecular complexity index is 472. The molecular formula is C10H10F4N2. The Morgan fingerprint density at radius 2 is 2.06 bits per heavy atom. The molecule has 88 valence electrons. The summed E-state index contributed by atoms with van der Waals surface area (Å²) in [5.41, 5.74) is -2.37. The number of hydrogen-bond acceptors (Lipinski definition) is 1. The highest BCUT2D eigenvalue weighted by atomic mass is 19.4. The van der Waals surface area contributed by atoms with Crippen LogP contribution in [0.2, 0.25) is 0 Å². The zero-order valence-corrected chi connectivity index (χ0v) is 8.77. The molecule has 0 aliphatic heterocycles. The maximum Gasteiger partial charge on any atom is 0.435 e. The quantitative estimate of drug-likeness (QED) is 0.631. The number of aryl methyl sites for hydroxylation is 1. The Balaban J connectivity index is 2.25. The third kappa shape index (κ3) is 0.999. The van der Waals surface area contributed by atoms with Gasteiger partial charge < -0.3 is 0 Å². The number of rotatable bonds is 0. The van der Waals surface area contributed by atoms with Gasteiger partial charge in [0.05, 0.1) is 5.69 Å². The van der Waals surface area contributed by atoms with Gasteiger partial charge in [-0.25, -0.2) is 4.39 Å². The van der Waals surface area contributed by atoms with E-state index in [2.05, 4.69) is 5.10 Å². The molecule has 0 N–H and O–H groups in total. The predicted molar refractivity (Wildman–Crippen MR) is 47.5 cm³/mol. The van der Waals surface area contributed by atoms with Crippen LogP contribution in [0.5, 0.6) is 0 Å². The molecule has 0 saturated heterocycles. The van der Waals surface area contributed by atoms with Gasteiger partial charge in [-0.05, 0) is 19.3 Å². The Labute approximate surface area is 89.2 Å². The molecule has 2 nitrogen and oxygen atoms in total. The summed E-state index contributed by atoms with van der Waals surface area (Å²) in [6.07, 6.45) is -3.98. The fourth-order valence-electron chi connectivity index (χ4n) is 2.97. The van der Waals surface area contributed by atoms with Crippen molar-refractivity contribution < 1.29 is 17.6 Å². The van der Waals surface area contributed by atoms with Crippen LogP contribution in [0.25, 0.3) is 0 Å². The van der Waals surface area contributed by atoms with Crippen LogP contribution >= 0.6 is 0 Å². The van der Waals surface area contributed by atoms with Crippen LogP contribution in [0.1, 0.15) is 36.2 Å². The lowest BCUT2D eigenvalue weighted by molar-refractivity contribution is -0.142. The molecule has 1 saturated carbocycles. The van der Waals surface area contributed by atoms with Crippen LogP contribution in [0.15, 0.2) is 0 Å². The second kappa shape index (κ2) is 2.43. The smallest absolute Gasteiger partial charge is 0.268 e. The fourth-order valence-corrected chi connectivity index (χ4v) is 2.97. The SMILES string of the molecule is Cn1nc(C(F)(F)F)c2c1C(C)(F)C1CC21. The van der Waals surface area contributed by atoms with Crippen LogP contribution in [-0.4, -0.2) is 9.78 Å². The zero-order chi connectivity index (χ0) is 11.9. The molecule has 1 fully saturated rings. The van der Waals surface area contributed by atoms with Crippen molar-refractivity contribution in [3.63, 3.8) is 0 Å². The van der Waals surface area contributed by atoms with E-state index < -0.39 is 17.5 Å². The van der Waals surface area contributed by atoms with Crippen molar-refractivity contribution in [1.29, 1.82) is 0 Å². The van der Waals surface area contributed by atoms with E-state index in [1.807, 2.05) is 0 Å². The summed E-state index contributed by atoms with van der Waals surface area (Å²) in [4.78, 5) is 0. The van der Waals surface area contributed by atoms with E-state index in [1.54, 1.807) is 0 Å². The maximum atomic E-state index is 14.3. The van der Waals surface area contributed by atoms with Gasteiger partial charge in [0.25, 0.3) is 0 Å². The largest absolute Gasteiger partial charge is 0.435 e. The van der Waals surface area contributed by atoms with E-state index in [9.17, 15) is 17.6 Å². The summed E-state index contributed by atoms with van der Waals surface area (Å²) >= 11 is 0. The Kier molecular flexibility index (Phi) is 1.54. The first-order valence-corrected chi connectivity index (χ1v) is 5.08. The summed E-state index contributed by atoms with van der Waals surface area (Å²) in [7, 11) is 1.37. The topological polar surface area (TPSA) is 17.8 Å². The molecule has 1 aromatic rings. The number of halogens is 4. The third-order valence-corrected chi connectivity index (χ3v) is 3.67. The van der Waals surface area contributed by atoms with Gasteiger partial charge in [-0.2, -0.15) is 18.3 Å². The lowest BCUT2D eigenvalue weighted by Gasteiger charge is -2.17. The number of alkyl halides is 4. The molecule has 3 atom stereocenters. The minimum absolute atomic E-state index is 0.0880. The van der Waals surface area contributed by atoms with E-state index in [4.69, 9.17) is 0 Å². The van der Waals surface area contributed by atoms with Gasteiger partial charge in [-0.15, -0.1) is 0 Å². The van der Waals surface area contributed by atoms with Gasteiger partial charge >= 0.3 is 6.18 Å². The summed E-state index contributed by atoms with van der Waals surface area (Å²) in [5, 5.41) is 3.43. The lowest BCUT2D eigenvalue weighted by atomic mass is 10.0. The highest BCUT2D eigenvalue weighted by Crippen LogP contribution is 2.67. The van der Waals surface area contributed by atoms with Gasteiger partial charge in [-0.3, -0.25) is 4.68 Å². The second-order valence-corrected chi connectivity index (χ2v) is 4.76. The number of hydrogen-bond donors (Lipinski definition) is 0. The fraction of sp³-hybridized carbons (Fsp3) is 0.700. The molecule has 6 heteroatoms. The van der Waals surface area contributed by atoms with Crippen LogP contribution < -0.4 is 0 Å². The summed E-state index contributed by atoms with van der Waals surface area (Å²) in [5.74, 6) is -0.567. The van der Waals surface area contributed by atoms with E-state index in [0.29, 0.717) is 6.42 Å². The van der Waals surface area contributed by atoms with Crippen molar-refractivity contribution in [1.82, 2.24) is 9.78 Å². The Hall–Kier alpha value is -1.07. The predicted octanol–water partition coefficient (Wildman–Crippen LogP) is 2.74. The minimum atomic E-state index is -4.49. The van der Waals surface area contributed by atoms with Gasteiger partial charge in [0.2, 0.25) is 0 Å². The second-order valence-electron chi connectivity index (χ2n) is 4.76. The molecule has 0 spiro atoms. The Morgan fingerprint density at radius 1 is 1.44 bits per heavy atom. The molecule has 16 heavy (non-hydrogen) atoms. The van der Waals surface area contributed by atoms with Crippen LogP contribution in [0.3, 0.4) is 0 Å². The molecule has 0 radical (unpaired) electrons. The van der Waals surface area contributed by atoms with Gasteiger partial charge in [0.15, 0.2) is 11.4 Å². The Morgan fingerprint density at radius 3 is 2.62 bits per heavy atom. The highest BCUT2D eigenvalue weighted by Gasteiger charge is 2.64. The van der Waals surface area contributed by atoms with Crippen molar-refractivity contribution in [3.8, 4) is 0 Å². The summed E-state index contributed by atoms with van der Waals surface area (Å²) in [6, 6.07) is 0. The van der Waals surface area contributed by atoms with Crippen LogP contribution in [0.4, 0.5) is 17.6 Å². The molecule has 0 amide bonds. The monoisotopic (exact) mass is 234 g/mol. The molecule has 1 heterocycles. The average Bonchev–Trinajstić information content (AvgIpc) is 2.76. The molecule has 3 rings (SSSR count). The van der Waals surface area contributed by atoms with E-state index >= 15 is 0 Å². The molecule has 0 aromatic carbocycles. The molecule has 3 unspecified atom stereocenters. The van der Waals surface area contributed by atoms with Crippen molar-refractivity contribution in [3.05, 3.63) is 17.0 Å². The minimum Gasteiger partial charge on any atom is -0.268 e. The van der Waals surface area contributed by atoms with E-state index in [-0.39, 0.29) is 23.1 Å². The standard InChI is InChI=1S/C10H10F4N2/c1-9(11)5-3-4(5)6-7(10(12,13)14)15-16(2)8(6)9/h4-5H,3H2,1-2H3. The first-order chi connectivity index (χ1) is 7.24. The first-order valence-electron chi connectivity index (χ1n) is 5.08. The maximum absolute atomic E-state index is 14.3. The van der Waals surface area contributed by atoms with Crippen molar-refractivity contribution >= 4 is 0 Å². The van der Waals surface area contributed by atoms with Crippen LogP contribution in [-0.2, 0) is 18.9 Å². The summed E-state index contributed by atoms with van der Waals surface area (Å²) in [6.45, 7) is 1.35. The molecule has 0 bridgehead atoms. The van der Waals surface area contributed by atoms with E-state index in [1.165, 1.54) is 14.0 Å². The zero-order valence-electron chi connectivity index (χ0n) is 8.77. The third-order valence-electron chi connectivity index (χ3n) is 3.67. The van der Waals surface area contributed by atoms with Gasteiger partial charge in [-0.1, -0.05) is 0 Å². The van der Waals surface area contributed by atoms with Gasteiger partial charge in [0.1, 0.15) is 0 Å². The average molecular weight is 234 g/mol. The number of nitrogens with zero attached hydrogens (tertiary/aromatic N) is 2. The molecule has 1 aromatic heterocycles. The molecule has 2 aliphatic rings. The highest BCUT2D eigenvalue weighted by molar-refractivity contribution is 5.47. The lowest BCUT2D eigenvalue weighted by Crippen LogP contribution is -2.19. The first kappa shape index (κ1) is 10.1. The normalized spacial score (nSPS) is 36.1. The number of fused-ring (bicyclic) bond motifs is 3. The van der Waals surface area contributed by atoms with Gasteiger partial charge in [0, 0.05) is 18.5 Å². The van der Waals surface area contributed by atoms with E-state index in [0.717, 1.165) is 4.68 Å². The van der Waals surface area contributed by atoms with Crippen molar-refractivity contribution in [2.45, 2.75) is 31.1 Å². The van der Waals surface area contributed by atoms with Crippen molar-refractivity contribution in [2.24, 2.45) is 13.0 Å². The van der Waals surface area contributed by atoms with Crippen LogP contribution in [0, 0.1) is 5.92 Å². The molecule has 2 aliphatic carbocycles. The number of aromatic nitrogens is 2. The van der Waals surface area contributed by atoms with Crippen molar-refractivity contribution in [2.75, 3.05) is 0 Å².